The van der Waals surface area contributed by atoms with E-state index in [0.717, 1.165) is 0 Å². The first-order valence-electron chi connectivity index (χ1n) is 4.53. The van der Waals surface area contributed by atoms with Crippen LogP contribution in [0.15, 0.2) is 12.1 Å². The molecule has 0 radical (unpaired) electrons. The summed E-state index contributed by atoms with van der Waals surface area (Å²) in [5.41, 5.74) is -1.38. The van der Waals surface area contributed by atoms with Crippen LogP contribution >= 0.6 is 0 Å². The van der Waals surface area contributed by atoms with Gasteiger partial charge in [0.1, 0.15) is 0 Å². The van der Waals surface area contributed by atoms with E-state index in [0.29, 0.717) is 12.1 Å². The zero-order chi connectivity index (χ0) is 12.5. The molecule has 5 heteroatoms. The lowest BCUT2D eigenvalue weighted by Gasteiger charge is -2.23. The van der Waals surface area contributed by atoms with E-state index in [9.17, 15) is 18.3 Å². The van der Waals surface area contributed by atoms with Crippen molar-refractivity contribution in [3.8, 4) is 6.07 Å². The SMILES string of the molecule is CC(C)(C#N)C(O)c1cc(F)c(F)c(F)c1. The van der Waals surface area contributed by atoms with Crippen molar-refractivity contribution in [3.63, 3.8) is 0 Å². The summed E-state index contributed by atoms with van der Waals surface area (Å²) >= 11 is 0. The molecule has 1 aromatic rings. The molecule has 0 saturated heterocycles. The average Bonchev–Trinajstić information content (AvgIpc) is 2.24. The molecule has 0 heterocycles. The number of aliphatic hydroxyl groups is 1. The third-order valence-corrected chi connectivity index (χ3v) is 2.29. The summed E-state index contributed by atoms with van der Waals surface area (Å²) in [7, 11) is 0. The van der Waals surface area contributed by atoms with Crippen LogP contribution in [0.4, 0.5) is 13.2 Å². The minimum atomic E-state index is -1.59. The Morgan fingerprint density at radius 3 is 2.06 bits per heavy atom. The molecule has 86 valence electrons. The van der Waals surface area contributed by atoms with Gasteiger partial charge in [0.25, 0.3) is 0 Å². The number of rotatable bonds is 2. The van der Waals surface area contributed by atoms with Crippen LogP contribution in [-0.4, -0.2) is 5.11 Å². The maximum Gasteiger partial charge on any atom is 0.194 e. The quantitative estimate of drug-likeness (QED) is 0.792. The first kappa shape index (κ1) is 12.5. The number of hydrogen-bond donors (Lipinski definition) is 1. The molecule has 0 bridgehead atoms. The minimum Gasteiger partial charge on any atom is -0.387 e. The molecule has 0 aliphatic carbocycles. The van der Waals surface area contributed by atoms with E-state index in [1.165, 1.54) is 13.8 Å². The minimum absolute atomic E-state index is 0.164. The molecule has 1 rings (SSSR count). The molecule has 1 aromatic carbocycles. The second-order valence-electron chi connectivity index (χ2n) is 4.03. The molecule has 16 heavy (non-hydrogen) atoms. The van der Waals surface area contributed by atoms with Gasteiger partial charge in [0.15, 0.2) is 17.5 Å². The van der Waals surface area contributed by atoms with E-state index in [-0.39, 0.29) is 5.56 Å². The van der Waals surface area contributed by atoms with Crippen LogP contribution < -0.4 is 0 Å². The molecule has 2 nitrogen and oxygen atoms in total. The summed E-state index contributed by atoms with van der Waals surface area (Å²) in [4.78, 5) is 0. The largest absolute Gasteiger partial charge is 0.387 e. The van der Waals surface area contributed by atoms with Gasteiger partial charge >= 0.3 is 0 Å². The smallest absolute Gasteiger partial charge is 0.194 e. The highest BCUT2D eigenvalue weighted by Gasteiger charge is 2.30. The van der Waals surface area contributed by atoms with Crippen molar-refractivity contribution in [2.24, 2.45) is 5.41 Å². The summed E-state index contributed by atoms with van der Waals surface area (Å²) in [5.74, 6) is -4.36. The van der Waals surface area contributed by atoms with E-state index in [2.05, 4.69) is 0 Å². The Hall–Kier alpha value is -1.54. The van der Waals surface area contributed by atoms with Crippen LogP contribution in [0.25, 0.3) is 0 Å². The number of benzene rings is 1. The van der Waals surface area contributed by atoms with E-state index in [1.807, 2.05) is 0 Å². The van der Waals surface area contributed by atoms with Crippen LogP contribution in [-0.2, 0) is 0 Å². The molecule has 1 N–H and O–H groups in total. The Bertz CT molecular complexity index is 428. The molecular formula is C11H10F3NO. The Labute approximate surface area is 90.9 Å². The summed E-state index contributed by atoms with van der Waals surface area (Å²) in [5, 5.41) is 18.5. The lowest BCUT2D eigenvalue weighted by molar-refractivity contribution is 0.0859. The van der Waals surface area contributed by atoms with Crippen molar-refractivity contribution >= 4 is 0 Å². The van der Waals surface area contributed by atoms with Crippen molar-refractivity contribution in [3.05, 3.63) is 35.1 Å². The third kappa shape index (κ3) is 2.17. The van der Waals surface area contributed by atoms with Gasteiger partial charge in [0, 0.05) is 0 Å². The van der Waals surface area contributed by atoms with Crippen molar-refractivity contribution in [2.45, 2.75) is 20.0 Å². The van der Waals surface area contributed by atoms with Crippen LogP contribution in [0, 0.1) is 34.2 Å². The average molecular weight is 229 g/mol. The zero-order valence-electron chi connectivity index (χ0n) is 8.76. The van der Waals surface area contributed by atoms with Gasteiger partial charge in [-0.1, -0.05) is 0 Å². The van der Waals surface area contributed by atoms with Gasteiger partial charge in [-0.2, -0.15) is 5.26 Å². The van der Waals surface area contributed by atoms with Gasteiger partial charge < -0.3 is 5.11 Å². The summed E-state index contributed by atoms with van der Waals surface area (Å²) in [6.07, 6.45) is -1.39. The van der Waals surface area contributed by atoms with E-state index < -0.39 is 29.0 Å². The number of hydrogen-bond acceptors (Lipinski definition) is 2. The first-order valence-corrected chi connectivity index (χ1v) is 4.53. The number of aliphatic hydroxyl groups excluding tert-OH is 1. The predicted octanol–water partition coefficient (Wildman–Crippen LogP) is 2.69. The standard InChI is InChI=1S/C11H10F3NO/c1-11(2,5-15)10(16)6-3-7(12)9(14)8(13)4-6/h3-4,10,16H,1-2H3. The molecule has 1 unspecified atom stereocenters. The van der Waals surface area contributed by atoms with Crippen molar-refractivity contribution < 1.29 is 18.3 Å². The molecule has 0 saturated carbocycles. The summed E-state index contributed by atoms with van der Waals surface area (Å²) in [6.45, 7) is 2.83. The Balaban J connectivity index is 3.22. The zero-order valence-corrected chi connectivity index (χ0v) is 8.76. The monoisotopic (exact) mass is 229 g/mol. The van der Waals surface area contributed by atoms with Crippen LogP contribution in [0.2, 0.25) is 0 Å². The molecule has 1 atom stereocenters. The fourth-order valence-electron chi connectivity index (χ4n) is 1.21. The Morgan fingerprint density at radius 1 is 1.25 bits per heavy atom. The summed E-state index contributed by atoms with van der Waals surface area (Å²) < 4.78 is 38.4. The maximum absolute atomic E-state index is 12.9. The molecule has 0 amide bonds. The van der Waals surface area contributed by atoms with Crippen LogP contribution in [0.3, 0.4) is 0 Å². The van der Waals surface area contributed by atoms with Crippen molar-refractivity contribution in [1.29, 1.82) is 5.26 Å². The number of halogens is 3. The second kappa shape index (κ2) is 4.14. The Morgan fingerprint density at radius 2 is 1.69 bits per heavy atom. The van der Waals surface area contributed by atoms with Crippen LogP contribution in [0.1, 0.15) is 25.5 Å². The van der Waals surface area contributed by atoms with Gasteiger partial charge in [0.2, 0.25) is 0 Å². The van der Waals surface area contributed by atoms with Gasteiger partial charge in [-0.05, 0) is 31.5 Å². The molecule has 0 aliphatic heterocycles. The van der Waals surface area contributed by atoms with E-state index in [1.54, 1.807) is 6.07 Å². The normalized spacial score (nSPS) is 13.3. The highest BCUT2D eigenvalue weighted by Crippen LogP contribution is 2.33. The second-order valence-corrected chi connectivity index (χ2v) is 4.03. The fraction of sp³-hybridized carbons (Fsp3) is 0.364. The van der Waals surface area contributed by atoms with E-state index in [4.69, 9.17) is 5.26 Å². The molecule has 0 spiro atoms. The maximum atomic E-state index is 12.9. The predicted molar refractivity (Wildman–Crippen MR) is 50.7 cm³/mol. The molecule has 0 fully saturated rings. The topological polar surface area (TPSA) is 44.0 Å². The first-order chi connectivity index (χ1) is 7.29. The Kier molecular flexibility index (Phi) is 3.24. The van der Waals surface area contributed by atoms with E-state index >= 15 is 0 Å². The number of nitriles is 1. The van der Waals surface area contributed by atoms with Gasteiger partial charge in [-0.3, -0.25) is 0 Å². The summed E-state index contributed by atoms with van der Waals surface area (Å²) in [6, 6.07) is 3.17. The lowest BCUT2D eigenvalue weighted by atomic mass is 9.84. The van der Waals surface area contributed by atoms with Gasteiger partial charge in [-0.15, -0.1) is 0 Å². The molecular weight excluding hydrogens is 219 g/mol. The van der Waals surface area contributed by atoms with Gasteiger partial charge in [0.05, 0.1) is 17.6 Å². The number of nitrogens with zero attached hydrogens (tertiary/aromatic N) is 1. The van der Waals surface area contributed by atoms with Crippen LogP contribution in [0.5, 0.6) is 0 Å². The van der Waals surface area contributed by atoms with Crippen molar-refractivity contribution in [1.82, 2.24) is 0 Å². The highest BCUT2D eigenvalue weighted by molar-refractivity contribution is 5.24. The molecule has 0 aromatic heterocycles. The molecule has 0 aliphatic rings. The fourth-order valence-corrected chi connectivity index (χ4v) is 1.21. The van der Waals surface area contributed by atoms with Gasteiger partial charge in [-0.25, -0.2) is 13.2 Å². The lowest BCUT2D eigenvalue weighted by Crippen LogP contribution is -2.20. The highest BCUT2D eigenvalue weighted by atomic mass is 19.2. The van der Waals surface area contributed by atoms with Crippen molar-refractivity contribution in [2.75, 3.05) is 0 Å². The third-order valence-electron chi connectivity index (χ3n) is 2.29.